The molecule has 0 amide bonds. The Morgan fingerprint density at radius 2 is 1.87 bits per heavy atom. The van der Waals surface area contributed by atoms with Crippen molar-refractivity contribution in [1.29, 1.82) is 0 Å². The quantitative estimate of drug-likeness (QED) is 0.762. The first-order chi connectivity index (χ1) is 10.9. The van der Waals surface area contributed by atoms with Gasteiger partial charge in [-0.1, -0.05) is 13.0 Å². The van der Waals surface area contributed by atoms with E-state index >= 15 is 0 Å². The molecule has 0 aliphatic heterocycles. The lowest BCUT2D eigenvalue weighted by molar-refractivity contribution is 0.349. The van der Waals surface area contributed by atoms with Crippen molar-refractivity contribution in [3.63, 3.8) is 0 Å². The summed E-state index contributed by atoms with van der Waals surface area (Å²) in [6, 6.07) is 5.86. The van der Waals surface area contributed by atoms with Gasteiger partial charge >= 0.3 is 0 Å². The summed E-state index contributed by atoms with van der Waals surface area (Å²) in [7, 11) is -1.25. The van der Waals surface area contributed by atoms with Crippen LogP contribution in [0.25, 0.3) is 0 Å². The third kappa shape index (κ3) is 3.65. The van der Waals surface area contributed by atoms with E-state index in [1.165, 1.54) is 29.9 Å². The predicted molar refractivity (Wildman–Crippen MR) is 87.1 cm³/mol. The maximum atomic E-state index is 14.3. The number of methoxy groups -OCH3 is 2. The molecule has 126 valence electrons. The summed E-state index contributed by atoms with van der Waals surface area (Å²) in [6.45, 7) is 2.14. The van der Waals surface area contributed by atoms with Crippen molar-refractivity contribution in [2.45, 2.75) is 18.4 Å². The van der Waals surface area contributed by atoms with E-state index in [1.54, 1.807) is 6.92 Å². The molecule has 0 aliphatic rings. The third-order valence-electron chi connectivity index (χ3n) is 3.32. The summed E-state index contributed by atoms with van der Waals surface area (Å²) in [6.07, 6.45) is 0. The standard InChI is InChI=1S/C15H18FNO4S2/c1-4-17(10-11-6-5-7-22-11)23(18,19)15-9-14(21-3)13(20-2)8-12(15)16/h5-9H,4,10H2,1-3H3. The van der Waals surface area contributed by atoms with Crippen molar-refractivity contribution in [2.75, 3.05) is 20.8 Å². The van der Waals surface area contributed by atoms with Crippen LogP contribution in [0.2, 0.25) is 0 Å². The number of thiophene rings is 1. The largest absolute Gasteiger partial charge is 0.493 e. The van der Waals surface area contributed by atoms with E-state index < -0.39 is 20.7 Å². The van der Waals surface area contributed by atoms with E-state index in [2.05, 4.69) is 0 Å². The average Bonchev–Trinajstić information content (AvgIpc) is 3.04. The molecule has 23 heavy (non-hydrogen) atoms. The summed E-state index contributed by atoms with van der Waals surface area (Å²) in [5, 5.41) is 1.87. The lowest BCUT2D eigenvalue weighted by atomic mass is 10.3. The summed E-state index contributed by atoms with van der Waals surface area (Å²) in [5.74, 6) is -0.558. The molecule has 5 nitrogen and oxygen atoms in total. The molecule has 0 aliphatic carbocycles. The highest BCUT2D eigenvalue weighted by Crippen LogP contribution is 2.33. The molecule has 0 spiro atoms. The fourth-order valence-corrected chi connectivity index (χ4v) is 4.41. The van der Waals surface area contributed by atoms with Crippen LogP contribution in [0.1, 0.15) is 11.8 Å². The number of rotatable bonds is 7. The van der Waals surface area contributed by atoms with Gasteiger partial charge in [0.2, 0.25) is 10.0 Å². The number of nitrogens with zero attached hydrogens (tertiary/aromatic N) is 1. The molecule has 1 aromatic heterocycles. The Morgan fingerprint density at radius 1 is 1.22 bits per heavy atom. The monoisotopic (exact) mass is 359 g/mol. The van der Waals surface area contributed by atoms with Gasteiger partial charge in [0.1, 0.15) is 10.7 Å². The SMILES string of the molecule is CCN(Cc1cccs1)S(=O)(=O)c1cc(OC)c(OC)cc1F. The van der Waals surface area contributed by atoms with Crippen LogP contribution < -0.4 is 9.47 Å². The Hall–Kier alpha value is -1.64. The Morgan fingerprint density at radius 3 is 2.39 bits per heavy atom. The minimum atomic E-state index is -3.99. The van der Waals surface area contributed by atoms with Gasteiger partial charge in [-0.05, 0) is 11.4 Å². The summed E-state index contributed by atoms with van der Waals surface area (Å²) < 4.78 is 51.1. The van der Waals surface area contributed by atoms with E-state index in [-0.39, 0.29) is 24.6 Å². The molecule has 0 saturated heterocycles. The fourth-order valence-electron chi connectivity index (χ4n) is 2.12. The molecule has 0 bridgehead atoms. The maximum absolute atomic E-state index is 14.3. The molecule has 0 N–H and O–H groups in total. The van der Waals surface area contributed by atoms with Gasteiger partial charge in [-0.15, -0.1) is 11.3 Å². The summed E-state index contributed by atoms with van der Waals surface area (Å²) in [5.41, 5.74) is 0. The Kier molecular flexibility index (Phi) is 5.61. The fraction of sp³-hybridized carbons (Fsp3) is 0.333. The minimum Gasteiger partial charge on any atom is -0.493 e. The van der Waals surface area contributed by atoms with Gasteiger partial charge in [0.05, 0.1) is 14.2 Å². The van der Waals surface area contributed by atoms with Crippen LogP contribution in [0.4, 0.5) is 4.39 Å². The number of ether oxygens (including phenoxy) is 2. The molecule has 0 unspecified atom stereocenters. The third-order valence-corrected chi connectivity index (χ3v) is 6.12. The molecule has 1 heterocycles. The zero-order valence-electron chi connectivity index (χ0n) is 13.1. The van der Waals surface area contributed by atoms with E-state index in [0.29, 0.717) is 0 Å². The average molecular weight is 359 g/mol. The van der Waals surface area contributed by atoms with Crippen molar-refractivity contribution in [2.24, 2.45) is 0 Å². The predicted octanol–water partition coefficient (Wildman–Crippen LogP) is 3.12. The van der Waals surface area contributed by atoms with Crippen LogP contribution in [-0.4, -0.2) is 33.5 Å². The zero-order valence-corrected chi connectivity index (χ0v) is 14.7. The van der Waals surface area contributed by atoms with Crippen molar-refractivity contribution in [1.82, 2.24) is 4.31 Å². The van der Waals surface area contributed by atoms with E-state index in [0.717, 1.165) is 17.0 Å². The molecule has 0 radical (unpaired) electrons. The van der Waals surface area contributed by atoms with Crippen LogP contribution in [0, 0.1) is 5.82 Å². The molecule has 0 atom stereocenters. The highest BCUT2D eigenvalue weighted by Gasteiger charge is 2.28. The Labute approximate surface area is 139 Å². The lowest BCUT2D eigenvalue weighted by Gasteiger charge is -2.21. The number of sulfonamides is 1. The summed E-state index contributed by atoms with van der Waals surface area (Å²) >= 11 is 1.45. The molecule has 8 heteroatoms. The first kappa shape index (κ1) is 17.7. The van der Waals surface area contributed by atoms with Gasteiger partial charge in [-0.3, -0.25) is 0 Å². The van der Waals surface area contributed by atoms with E-state index in [9.17, 15) is 12.8 Å². The van der Waals surface area contributed by atoms with Crippen LogP contribution in [0.3, 0.4) is 0 Å². The van der Waals surface area contributed by atoms with Crippen molar-refractivity contribution in [3.8, 4) is 11.5 Å². The Balaban J connectivity index is 2.45. The van der Waals surface area contributed by atoms with E-state index in [4.69, 9.17) is 9.47 Å². The highest BCUT2D eigenvalue weighted by atomic mass is 32.2. The second-order valence-electron chi connectivity index (χ2n) is 4.65. The number of hydrogen-bond donors (Lipinski definition) is 0. The number of hydrogen-bond acceptors (Lipinski definition) is 5. The minimum absolute atomic E-state index is 0.144. The number of benzene rings is 1. The van der Waals surface area contributed by atoms with E-state index in [1.807, 2.05) is 17.5 Å². The van der Waals surface area contributed by atoms with Crippen LogP contribution in [0.15, 0.2) is 34.5 Å². The van der Waals surface area contributed by atoms with Gasteiger partial charge in [-0.2, -0.15) is 4.31 Å². The second-order valence-corrected chi connectivity index (χ2v) is 7.59. The first-order valence-corrected chi connectivity index (χ1v) is 9.20. The highest BCUT2D eigenvalue weighted by molar-refractivity contribution is 7.89. The molecule has 2 aromatic rings. The molecule has 0 saturated carbocycles. The normalized spacial score (nSPS) is 11.7. The first-order valence-electron chi connectivity index (χ1n) is 6.88. The van der Waals surface area contributed by atoms with Crippen molar-refractivity contribution < 1.29 is 22.3 Å². The molecular weight excluding hydrogens is 341 g/mol. The summed E-state index contributed by atoms with van der Waals surface area (Å²) in [4.78, 5) is 0.463. The lowest BCUT2D eigenvalue weighted by Crippen LogP contribution is -2.30. The molecule has 0 fully saturated rings. The maximum Gasteiger partial charge on any atom is 0.246 e. The van der Waals surface area contributed by atoms with Crippen molar-refractivity contribution in [3.05, 3.63) is 40.3 Å². The topological polar surface area (TPSA) is 55.8 Å². The van der Waals surface area contributed by atoms with Gasteiger partial charge in [0, 0.05) is 30.1 Å². The van der Waals surface area contributed by atoms with Crippen LogP contribution in [-0.2, 0) is 16.6 Å². The van der Waals surface area contributed by atoms with Crippen LogP contribution in [0.5, 0.6) is 11.5 Å². The van der Waals surface area contributed by atoms with Gasteiger partial charge in [0.15, 0.2) is 11.5 Å². The molecule has 1 aromatic carbocycles. The van der Waals surface area contributed by atoms with Crippen LogP contribution >= 0.6 is 11.3 Å². The van der Waals surface area contributed by atoms with Crippen molar-refractivity contribution >= 4 is 21.4 Å². The number of halogens is 1. The molecule has 2 rings (SSSR count). The smallest absolute Gasteiger partial charge is 0.246 e. The molecular formula is C15H18FNO4S2. The van der Waals surface area contributed by atoms with Gasteiger partial charge < -0.3 is 9.47 Å². The zero-order chi connectivity index (χ0) is 17.0. The van der Waals surface area contributed by atoms with Gasteiger partial charge in [-0.25, -0.2) is 12.8 Å². The second kappa shape index (κ2) is 7.29. The Bertz CT molecular complexity index is 760. The van der Waals surface area contributed by atoms with Gasteiger partial charge in [0.25, 0.3) is 0 Å².